The monoisotopic (exact) mass is 246 g/mol. The third-order valence-corrected chi connectivity index (χ3v) is 2.65. The number of Topliss-reactive ketones (excluding diaryl/α,β-unsaturated/α-hetero) is 1. The molecule has 0 bridgehead atoms. The number of hydrogen-bond acceptors (Lipinski definition) is 5. The Morgan fingerprint density at radius 1 is 1.39 bits per heavy atom. The lowest BCUT2D eigenvalue weighted by molar-refractivity contribution is -0.118. The van der Waals surface area contributed by atoms with Crippen LogP contribution in [0.25, 0.3) is 5.57 Å². The summed E-state index contributed by atoms with van der Waals surface area (Å²) in [4.78, 5) is 31.0. The first kappa shape index (κ1) is 12.4. The van der Waals surface area contributed by atoms with Crippen molar-refractivity contribution in [2.24, 2.45) is 0 Å². The second kappa shape index (κ2) is 5.53. The number of carbonyl (C=O) groups excluding carboxylic acids is 2. The maximum Gasteiger partial charge on any atom is 0.341 e. The van der Waals surface area contributed by atoms with E-state index in [-0.39, 0.29) is 5.78 Å². The lowest BCUT2D eigenvalue weighted by atomic mass is 9.98. The van der Waals surface area contributed by atoms with Gasteiger partial charge in [0.25, 0.3) is 0 Å². The molecule has 0 spiro atoms. The Kier molecular flexibility index (Phi) is 3.82. The van der Waals surface area contributed by atoms with E-state index in [9.17, 15) is 9.59 Å². The summed E-state index contributed by atoms with van der Waals surface area (Å²) in [6.45, 7) is 2.06. The standard InChI is InChI=1S/C13H14N2O3/c1-2-18-13(17)10-7-14-12(15-8-10)9-4-3-5-11(16)6-9/h4,7-8H,2-3,5-6H2,1H3. The summed E-state index contributed by atoms with van der Waals surface area (Å²) in [6.07, 6.45) is 6.53. The highest BCUT2D eigenvalue weighted by atomic mass is 16.5. The molecule has 18 heavy (non-hydrogen) atoms. The van der Waals surface area contributed by atoms with Crippen LogP contribution in [-0.4, -0.2) is 28.3 Å². The average Bonchev–Trinajstić information content (AvgIpc) is 2.39. The molecule has 0 N–H and O–H groups in total. The normalized spacial score (nSPS) is 15.2. The van der Waals surface area contributed by atoms with E-state index in [1.54, 1.807) is 6.92 Å². The number of esters is 1. The molecule has 5 nitrogen and oxygen atoms in total. The van der Waals surface area contributed by atoms with E-state index in [0.717, 1.165) is 12.0 Å². The molecule has 0 aliphatic heterocycles. The molecule has 5 heteroatoms. The molecule has 1 aliphatic carbocycles. The van der Waals surface area contributed by atoms with Crippen molar-refractivity contribution in [2.45, 2.75) is 26.2 Å². The molecule has 0 aromatic carbocycles. The number of aromatic nitrogens is 2. The highest BCUT2D eigenvalue weighted by Gasteiger charge is 2.15. The third kappa shape index (κ3) is 2.80. The van der Waals surface area contributed by atoms with Crippen molar-refractivity contribution in [1.82, 2.24) is 9.97 Å². The SMILES string of the molecule is CCOC(=O)c1cnc(C2=CCCC(=O)C2)nc1. The van der Waals surface area contributed by atoms with Crippen LogP contribution in [0, 0.1) is 0 Å². The molecule has 0 radical (unpaired) electrons. The van der Waals surface area contributed by atoms with Crippen molar-refractivity contribution >= 4 is 17.3 Å². The number of carbonyl (C=O) groups is 2. The van der Waals surface area contributed by atoms with Crippen molar-refractivity contribution in [2.75, 3.05) is 6.61 Å². The molecule has 1 aromatic heterocycles. The first-order chi connectivity index (χ1) is 8.70. The van der Waals surface area contributed by atoms with Crippen LogP contribution in [0.15, 0.2) is 18.5 Å². The number of ether oxygens (including phenoxy) is 1. The topological polar surface area (TPSA) is 69.2 Å². The Balaban J connectivity index is 2.15. The summed E-state index contributed by atoms with van der Waals surface area (Å²) in [5.74, 6) is 0.277. The van der Waals surface area contributed by atoms with Crippen molar-refractivity contribution in [3.8, 4) is 0 Å². The molecule has 0 atom stereocenters. The van der Waals surface area contributed by atoms with Gasteiger partial charge in [0.15, 0.2) is 5.82 Å². The van der Waals surface area contributed by atoms with Crippen LogP contribution in [0.2, 0.25) is 0 Å². The molecule has 1 aromatic rings. The summed E-state index contributed by atoms with van der Waals surface area (Å²) in [5, 5.41) is 0. The molecule has 0 amide bonds. The van der Waals surface area contributed by atoms with Gasteiger partial charge in [-0.15, -0.1) is 0 Å². The van der Waals surface area contributed by atoms with Gasteiger partial charge in [0.1, 0.15) is 5.78 Å². The minimum absolute atomic E-state index is 0.200. The molecule has 0 unspecified atom stereocenters. The molecule has 1 heterocycles. The maximum atomic E-state index is 11.4. The molecule has 1 aliphatic rings. The number of allylic oxidation sites excluding steroid dienone is 2. The lowest BCUT2D eigenvalue weighted by Gasteiger charge is -2.10. The number of nitrogens with zero attached hydrogens (tertiary/aromatic N) is 2. The average molecular weight is 246 g/mol. The van der Waals surface area contributed by atoms with Crippen LogP contribution in [0.1, 0.15) is 42.4 Å². The Morgan fingerprint density at radius 3 is 2.72 bits per heavy atom. The van der Waals surface area contributed by atoms with Gasteiger partial charge in [-0.25, -0.2) is 14.8 Å². The van der Waals surface area contributed by atoms with E-state index in [0.29, 0.717) is 30.8 Å². The van der Waals surface area contributed by atoms with Crippen LogP contribution < -0.4 is 0 Å². The van der Waals surface area contributed by atoms with E-state index in [1.165, 1.54) is 12.4 Å². The van der Waals surface area contributed by atoms with Gasteiger partial charge < -0.3 is 4.74 Å². The zero-order valence-electron chi connectivity index (χ0n) is 10.2. The van der Waals surface area contributed by atoms with Gasteiger partial charge in [-0.2, -0.15) is 0 Å². The van der Waals surface area contributed by atoms with Crippen LogP contribution in [0.3, 0.4) is 0 Å². The summed E-state index contributed by atoms with van der Waals surface area (Å²) >= 11 is 0. The Hall–Kier alpha value is -2.04. The predicted molar refractivity (Wildman–Crippen MR) is 64.8 cm³/mol. The van der Waals surface area contributed by atoms with Gasteiger partial charge in [-0.1, -0.05) is 6.08 Å². The fourth-order valence-electron chi connectivity index (χ4n) is 1.76. The van der Waals surface area contributed by atoms with E-state index >= 15 is 0 Å². The van der Waals surface area contributed by atoms with E-state index < -0.39 is 5.97 Å². The quantitative estimate of drug-likeness (QED) is 0.760. The molecular formula is C13H14N2O3. The second-order valence-electron chi connectivity index (χ2n) is 4.00. The zero-order valence-corrected chi connectivity index (χ0v) is 10.2. The van der Waals surface area contributed by atoms with Crippen molar-refractivity contribution < 1.29 is 14.3 Å². The smallest absolute Gasteiger partial charge is 0.341 e. The van der Waals surface area contributed by atoms with Gasteiger partial charge in [0.05, 0.1) is 12.2 Å². The molecule has 0 saturated carbocycles. The van der Waals surface area contributed by atoms with Gasteiger partial charge in [0, 0.05) is 30.8 Å². The van der Waals surface area contributed by atoms with E-state index in [1.807, 2.05) is 6.08 Å². The first-order valence-electron chi connectivity index (χ1n) is 5.91. The lowest BCUT2D eigenvalue weighted by Crippen LogP contribution is -2.09. The highest BCUT2D eigenvalue weighted by molar-refractivity contribution is 5.91. The fourth-order valence-corrected chi connectivity index (χ4v) is 1.76. The third-order valence-electron chi connectivity index (χ3n) is 2.65. The van der Waals surface area contributed by atoms with Crippen LogP contribution >= 0.6 is 0 Å². The summed E-state index contributed by atoms with van der Waals surface area (Å²) in [6, 6.07) is 0. The molecule has 94 valence electrons. The largest absolute Gasteiger partial charge is 0.462 e. The first-order valence-corrected chi connectivity index (χ1v) is 5.91. The van der Waals surface area contributed by atoms with Gasteiger partial charge in [-0.3, -0.25) is 4.79 Å². The van der Waals surface area contributed by atoms with E-state index in [2.05, 4.69) is 9.97 Å². The molecular weight excluding hydrogens is 232 g/mol. The van der Waals surface area contributed by atoms with Gasteiger partial charge in [0.2, 0.25) is 0 Å². The Labute approximate surface area is 105 Å². The fraction of sp³-hybridized carbons (Fsp3) is 0.385. The van der Waals surface area contributed by atoms with Crippen molar-refractivity contribution in [3.05, 3.63) is 29.9 Å². The number of rotatable bonds is 3. The molecule has 0 fully saturated rings. The van der Waals surface area contributed by atoms with Crippen LogP contribution in [-0.2, 0) is 9.53 Å². The van der Waals surface area contributed by atoms with Gasteiger partial charge in [-0.05, 0) is 13.3 Å². The summed E-state index contributed by atoms with van der Waals surface area (Å²) in [7, 11) is 0. The minimum atomic E-state index is -0.433. The maximum absolute atomic E-state index is 11.4. The number of ketones is 1. The molecule has 2 rings (SSSR count). The predicted octanol–water partition coefficient (Wildman–Crippen LogP) is 1.79. The van der Waals surface area contributed by atoms with Gasteiger partial charge >= 0.3 is 5.97 Å². The van der Waals surface area contributed by atoms with Crippen LogP contribution in [0.5, 0.6) is 0 Å². The van der Waals surface area contributed by atoms with Crippen molar-refractivity contribution in [1.29, 1.82) is 0 Å². The van der Waals surface area contributed by atoms with E-state index in [4.69, 9.17) is 4.74 Å². The Bertz CT molecular complexity index is 491. The molecule has 0 saturated heterocycles. The minimum Gasteiger partial charge on any atom is -0.462 e. The van der Waals surface area contributed by atoms with Crippen LogP contribution in [0.4, 0.5) is 0 Å². The summed E-state index contributed by atoms with van der Waals surface area (Å²) < 4.78 is 4.84. The summed E-state index contributed by atoms with van der Waals surface area (Å²) in [5.41, 5.74) is 1.16. The number of hydrogen-bond donors (Lipinski definition) is 0. The second-order valence-corrected chi connectivity index (χ2v) is 4.00. The Morgan fingerprint density at radius 2 is 2.11 bits per heavy atom. The van der Waals surface area contributed by atoms with Crippen molar-refractivity contribution in [3.63, 3.8) is 0 Å². The highest BCUT2D eigenvalue weighted by Crippen LogP contribution is 2.21. The zero-order chi connectivity index (χ0) is 13.0.